The molecule has 1 saturated heterocycles. The molecule has 5 nitrogen and oxygen atoms in total. The van der Waals surface area contributed by atoms with Crippen LogP contribution >= 0.6 is 0 Å². The molecule has 0 aromatic heterocycles. The number of phenols is 2. The highest BCUT2D eigenvalue weighted by molar-refractivity contribution is 5.95. The van der Waals surface area contributed by atoms with Gasteiger partial charge in [0.25, 0.3) is 5.91 Å². The number of amides is 1. The minimum absolute atomic E-state index is 0.0939. The summed E-state index contributed by atoms with van der Waals surface area (Å²) in [5.74, 6) is -0.332. The van der Waals surface area contributed by atoms with Crippen molar-refractivity contribution in [3.63, 3.8) is 0 Å². The van der Waals surface area contributed by atoms with Gasteiger partial charge in [-0.15, -0.1) is 0 Å². The van der Waals surface area contributed by atoms with Crippen LogP contribution in [0, 0.1) is 0 Å². The third-order valence-corrected chi connectivity index (χ3v) is 3.35. The Morgan fingerprint density at radius 3 is 2.68 bits per heavy atom. The first-order valence-electron chi connectivity index (χ1n) is 6.66. The van der Waals surface area contributed by atoms with E-state index in [2.05, 4.69) is 5.32 Å². The summed E-state index contributed by atoms with van der Waals surface area (Å²) in [7, 11) is 0. The molecule has 0 radical (unpaired) electrons. The molecular weight excluding hydrogens is 244 g/mol. The Bertz CT molecular complexity index is 440. The number of piperidine rings is 1. The van der Waals surface area contributed by atoms with Crippen molar-refractivity contribution in [3.8, 4) is 11.5 Å². The van der Waals surface area contributed by atoms with Gasteiger partial charge < -0.3 is 20.4 Å². The summed E-state index contributed by atoms with van der Waals surface area (Å²) < 4.78 is 0. The smallest absolute Gasteiger partial charge is 0.254 e. The molecule has 104 valence electrons. The highest BCUT2D eigenvalue weighted by Gasteiger charge is 2.24. The second-order valence-electron chi connectivity index (χ2n) is 4.89. The number of rotatable bonds is 3. The van der Waals surface area contributed by atoms with Crippen molar-refractivity contribution >= 4 is 5.91 Å². The molecule has 19 heavy (non-hydrogen) atoms. The summed E-state index contributed by atoms with van der Waals surface area (Å²) in [6.07, 6.45) is 2.04. The number of likely N-dealkylation sites (tertiary alicyclic amines) is 1. The van der Waals surface area contributed by atoms with Crippen LogP contribution in [0.1, 0.15) is 30.1 Å². The molecule has 0 saturated carbocycles. The fraction of sp³-hybridized carbons (Fsp3) is 0.500. The van der Waals surface area contributed by atoms with Gasteiger partial charge in [-0.1, -0.05) is 6.92 Å². The number of carbonyl (C=O) groups is 1. The molecule has 0 aliphatic carbocycles. The van der Waals surface area contributed by atoms with Crippen LogP contribution in [-0.2, 0) is 0 Å². The van der Waals surface area contributed by atoms with Crippen LogP contribution < -0.4 is 5.32 Å². The maximum Gasteiger partial charge on any atom is 0.254 e. The molecule has 1 heterocycles. The van der Waals surface area contributed by atoms with Gasteiger partial charge in [0.15, 0.2) is 0 Å². The van der Waals surface area contributed by atoms with E-state index in [-0.39, 0.29) is 17.4 Å². The monoisotopic (exact) mass is 264 g/mol. The van der Waals surface area contributed by atoms with Gasteiger partial charge in [-0.25, -0.2) is 0 Å². The van der Waals surface area contributed by atoms with E-state index in [1.807, 2.05) is 6.92 Å². The first-order valence-corrected chi connectivity index (χ1v) is 6.66. The molecule has 1 aromatic rings. The van der Waals surface area contributed by atoms with Crippen LogP contribution in [0.3, 0.4) is 0 Å². The van der Waals surface area contributed by atoms with Gasteiger partial charge in [-0.2, -0.15) is 0 Å². The third kappa shape index (κ3) is 3.38. The third-order valence-electron chi connectivity index (χ3n) is 3.35. The minimum atomic E-state index is -0.145. The molecule has 1 aliphatic heterocycles. The summed E-state index contributed by atoms with van der Waals surface area (Å²) >= 11 is 0. The Morgan fingerprint density at radius 1 is 1.37 bits per heavy atom. The molecule has 1 fully saturated rings. The van der Waals surface area contributed by atoms with Crippen molar-refractivity contribution < 1.29 is 15.0 Å². The first-order chi connectivity index (χ1) is 9.10. The Morgan fingerprint density at radius 2 is 2.05 bits per heavy atom. The molecular formula is C14H20N2O3. The lowest BCUT2D eigenvalue weighted by atomic mass is 10.0. The van der Waals surface area contributed by atoms with E-state index in [1.54, 1.807) is 4.90 Å². The summed E-state index contributed by atoms with van der Waals surface area (Å²) in [5, 5.41) is 22.2. The van der Waals surface area contributed by atoms with Crippen molar-refractivity contribution in [2.75, 3.05) is 19.6 Å². The van der Waals surface area contributed by atoms with Crippen LogP contribution in [0.4, 0.5) is 0 Å². The number of hydrogen-bond donors (Lipinski definition) is 3. The lowest BCUT2D eigenvalue weighted by Gasteiger charge is -2.33. The van der Waals surface area contributed by atoms with Crippen LogP contribution in [0.15, 0.2) is 18.2 Å². The van der Waals surface area contributed by atoms with Gasteiger partial charge in [0.1, 0.15) is 11.5 Å². The van der Waals surface area contributed by atoms with Crippen LogP contribution in [0.2, 0.25) is 0 Å². The number of likely N-dealkylation sites (N-methyl/N-ethyl adjacent to an activating group) is 1. The standard InChI is InChI=1S/C14H20N2O3/c1-2-15-11-4-3-5-16(9-11)14(19)10-6-12(17)8-13(18)7-10/h6-8,11,15,17-18H,2-5,9H2,1H3. The van der Waals surface area contributed by atoms with Gasteiger partial charge in [0.2, 0.25) is 0 Å². The van der Waals surface area contributed by atoms with Crippen molar-refractivity contribution in [1.29, 1.82) is 0 Å². The van der Waals surface area contributed by atoms with Gasteiger partial charge in [0, 0.05) is 30.8 Å². The quantitative estimate of drug-likeness (QED) is 0.769. The predicted molar refractivity (Wildman–Crippen MR) is 72.4 cm³/mol. The largest absolute Gasteiger partial charge is 0.508 e. The Hall–Kier alpha value is -1.75. The van der Waals surface area contributed by atoms with Crippen molar-refractivity contribution in [2.45, 2.75) is 25.8 Å². The second-order valence-corrected chi connectivity index (χ2v) is 4.89. The number of phenolic OH excluding ortho intramolecular Hbond substituents is 2. The van der Waals surface area contributed by atoms with Gasteiger partial charge in [-0.3, -0.25) is 4.79 Å². The molecule has 2 rings (SSSR count). The van der Waals surface area contributed by atoms with E-state index in [0.717, 1.165) is 25.9 Å². The molecule has 1 unspecified atom stereocenters. The highest BCUT2D eigenvalue weighted by atomic mass is 16.3. The van der Waals surface area contributed by atoms with E-state index >= 15 is 0 Å². The Balaban J connectivity index is 2.10. The summed E-state index contributed by atoms with van der Waals surface area (Å²) in [5.41, 5.74) is 0.328. The van der Waals surface area contributed by atoms with E-state index in [0.29, 0.717) is 18.2 Å². The molecule has 0 spiro atoms. The summed E-state index contributed by atoms with van der Waals surface area (Å²) in [6.45, 7) is 4.33. The molecule has 5 heteroatoms. The maximum atomic E-state index is 12.3. The van der Waals surface area contributed by atoms with E-state index in [4.69, 9.17) is 0 Å². The number of carbonyl (C=O) groups excluding carboxylic acids is 1. The fourth-order valence-electron chi connectivity index (χ4n) is 2.52. The number of nitrogens with zero attached hydrogens (tertiary/aromatic N) is 1. The van der Waals surface area contributed by atoms with Crippen LogP contribution in [-0.4, -0.2) is 46.7 Å². The average molecular weight is 264 g/mol. The van der Waals surface area contributed by atoms with Crippen LogP contribution in [0.5, 0.6) is 11.5 Å². The molecule has 0 bridgehead atoms. The zero-order valence-corrected chi connectivity index (χ0v) is 11.1. The topological polar surface area (TPSA) is 72.8 Å². The lowest BCUT2D eigenvalue weighted by Crippen LogP contribution is -2.47. The van der Waals surface area contributed by atoms with E-state index in [1.165, 1.54) is 18.2 Å². The maximum absolute atomic E-state index is 12.3. The summed E-state index contributed by atoms with van der Waals surface area (Å²) in [4.78, 5) is 14.1. The van der Waals surface area contributed by atoms with Crippen molar-refractivity contribution in [3.05, 3.63) is 23.8 Å². The van der Waals surface area contributed by atoms with Crippen molar-refractivity contribution in [2.24, 2.45) is 0 Å². The second kappa shape index (κ2) is 5.93. The first kappa shape index (κ1) is 13.7. The summed E-state index contributed by atoms with van der Waals surface area (Å²) in [6, 6.07) is 4.32. The van der Waals surface area contributed by atoms with Gasteiger partial charge >= 0.3 is 0 Å². The minimum Gasteiger partial charge on any atom is -0.508 e. The number of hydrogen-bond acceptors (Lipinski definition) is 4. The zero-order chi connectivity index (χ0) is 13.8. The number of nitrogens with one attached hydrogen (secondary N) is 1. The SMILES string of the molecule is CCNC1CCCN(C(=O)c2cc(O)cc(O)c2)C1. The fourth-order valence-corrected chi connectivity index (χ4v) is 2.52. The zero-order valence-electron chi connectivity index (χ0n) is 11.1. The van der Waals surface area contributed by atoms with E-state index < -0.39 is 0 Å². The van der Waals surface area contributed by atoms with Crippen LogP contribution in [0.25, 0.3) is 0 Å². The molecule has 3 N–H and O–H groups in total. The molecule has 1 atom stereocenters. The van der Waals surface area contributed by atoms with Gasteiger partial charge in [-0.05, 0) is 31.5 Å². The van der Waals surface area contributed by atoms with Crippen molar-refractivity contribution in [1.82, 2.24) is 10.2 Å². The highest BCUT2D eigenvalue weighted by Crippen LogP contribution is 2.22. The molecule has 1 aromatic carbocycles. The normalized spacial score (nSPS) is 19.4. The Labute approximate surface area is 112 Å². The number of benzene rings is 1. The number of aromatic hydroxyl groups is 2. The van der Waals surface area contributed by atoms with E-state index in [9.17, 15) is 15.0 Å². The Kier molecular flexibility index (Phi) is 4.27. The molecule has 1 amide bonds. The lowest BCUT2D eigenvalue weighted by molar-refractivity contribution is 0.0695. The molecule has 1 aliphatic rings. The predicted octanol–water partition coefficient (Wildman–Crippen LogP) is 1.31. The van der Waals surface area contributed by atoms with Gasteiger partial charge in [0.05, 0.1) is 0 Å². The average Bonchev–Trinajstić information content (AvgIpc) is 2.37.